The summed E-state index contributed by atoms with van der Waals surface area (Å²) in [5, 5.41) is 19.9. The summed E-state index contributed by atoms with van der Waals surface area (Å²) >= 11 is 0. The first-order chi connectivity index (χ1) is 11.2. The Morgan fingerprint density at radius 2 is 2.09 bits per heavy atom. The fourth-order valence-electron chi connectivity index (χ4n) is 3.26. The summed E-state index contributed by atoms with van der Waals surface area (Å²) in [4.78, 5) is 10.9. The van der Waals surface area contributed by atoms with Crippen molar-refractivity contribution in [3.8, 4) is 0 Å². The monoisotopic (exact) mass is 311 g/mol. The van der Waals surface area contributed by atoms with Gasteiger partial charge in [0, 0.05) is 11.6 Å². The van der Waals surface area contributed by atoms with E-state index in [1.165, 1.54) is 25.0 Å². The zero-order valence-corrected chi connectivity index (χ0v) is 13.0. The van der Waals surface area contributed by atoms with Crippen LogP contribution in [-0.4, -0.2) is 21.3 Å². The van der Waals surface area contributed by atoms with Gasteiger partial charge in [-0.2, -0.15) is 5.10 Å². The molecule has 2 aromatic rings. The predicted molar refractivity (Wildman–Crippen MR) is 87.4 cm³/mol. The van der Waals surface area contributed by atoms with Gasteiger partial charge in [0.2, 0.25) is 0 Å². The Labute approximate surface area is 135 Å². The molecule has 5 heteroatoms. The maximum atomic E-state index is 10.9. The normalized spacial score (nSPS) is 23.3. The van der Waals surface area contributed by atoms with Crippen LogP contribution in [0.1, 0.15) is 54.5 Å². The Hall–Kier alpha value is -2.30. The molecule has 2 aliphatic rings. The number of carboxylic acid groups (broad SMARTS) is 1. The Kier molecular flexibility index (Phi) is 3.56. The van der Waals surface area contributed by atoms with Gasteiger partial charge in [-0.05, 0) is 48.9 Å². The lowest BCUT2D eigenvalue weighted by molar-refractivity contribution is -0.138. The highest BCUT2D eigenvalue weighted by atomic mass is 16.4. The van der Waals surface area contributed by atoms with Gasteiger partial charge < -0.3 is 10.4 Å². The van der Waals surface area contributed by atoms with Crippen molar-refractivity contribution in [2.45, 2.75) is 44.1 Å². The predicted octanol–water partition coefficient (Wildman–Crippen LogP) is 3.48. The van der Waals surface area contributed by atoms with E-state index in [0.29, 0.717) is 5.92 Å². The zero-order valence-electron chi connectivity index (χ0n) is 13.0. The van der Waals surface area contributed by atoms with Gasteiger partial charge in [-0.3, -0.25) is 9.89 Å². The molecular weight excluding hydrogens is 290 g/mol. The lowest BCUT2D eigenvalue weighted by Gasteiger charge is -2.22. The van der Waals surface area contributed by atoms with Crippen molar-refractivity contribution in [1.29, 1.82) is 0 Å². The number of benzene rings is 1. The second-order valence-electron chi connectivity index (χ2n) is 6.71. The van der Waals surface area contributed by atoms with Crippen molar-refractivity contribution >= 4 is 11.7 Å². The number of nitrogens with zero attached hydrogens (tertiary/aromatic N) is 1. The van der Waals surface area contributed by atoms with Crippen molar-refractivity contribution in [2.75, 3.05) is 5.32 Å². The standard InChI is InChI=1S/C18H21N3O2/c22-18(23)16-9-15(16)11-4-6-13(7-5-11)19-10-14-8-17(21-20-14)12-2-1-3-12/h4-8,12,15-16,19H,1-3,9-10H2,(H,20,21)(H,22,23)/t15-,16+/m0/s1. The third kappa shape index (κ3) is 2.96. The van der Waals surface area contributed by atoms with Crippen LogP contribution in [0.2, 0.25) is 0 Å². The van der Waals surface area contributed by atoms with Crippen LogP contribution in [0, 0.1) is 5.92 Å². The molecule has 0 spiro atoms. The van der Waals surface area contributed by atoms with E-state index < -0.39 is 5.97 Å². The van der Waals surface area contributed by atoms with Crippen molar-refractivity contribution in [2.24, 2.45) is 5.92 Å². The molecule has 23 heavy (non-hydrogen) atoms. The van der Waals surface area contributed by atoms with Gasteiger partial charge in [-0.15, -0.1) is 0 Å². The molecule has 120 valence electrons. The Morgan fingerprint density at radius 3 is 2.70 bits per heavy atom. The van der Waals surface area contributed by atoms with Gasteiger partial charge in [0.25, 0.3) is 0 Å². The second-order valence-corrected chi connectivity index (χ2v) is 6.71. The van der Waals surface area contributed by atoms with E-state index in [1.807, 2.05) is 24.3 Å². The number of hydrogen-bond donors (Lipinski definition) is 3. The van der Waals surface area contributed by atoms with Crippen molar-refractivity contribution in [1.82, 2.24) is 10.2 Å². The van der Waals surface area contributed by atoms with Gasteiger partial charge in [0.1, 0.15) is 0 Å². The number of carbonyl (C=O) groups is 1. The van der Waals surface area contributed by atoms with Crippen molar-refractivity contribution in [3.05, 3.63) is 47.3 Å². The SMILES string of the molecule is O=C(O)[C@@H]1C[C@H]1c1ccc(NCc2cc(C3CCC3)n[nH]2)cc1. The minimum Gasteiger partial charge on any atom is -0.481 e. The average molecular weight is 311 g/mol. The number of rotatable bonds is 6. The molecule has 0 aliphatic heterocycles. The first-order valence-electron chi connectivity index (χ1n) is 8.31. The number of nitrogens with one attached hydrogen (secondary N) is 2. The maximum Gasteiger partial charge on any atom is 0.307 e. The highest BCUT2D eigenvalue weighted by molar-refractivity contribution is 5.75. The molecule has 1 aromatic carbocycles. The van der Waals surface area contributed by atoms with Crippen LogP contribution in [0.25, 0.3) is 0 Å². The lowest BCUT2D eigenvalue weighted by atomic mass is 9.83. The fraction of sp³-hybridized carbons (Fsp3) is 0.444. The molecule has 2 atom stereocenters. The topological polar surface area (TPSA) is 78.0 Å². The third-order valence-electron chi connectivity index (χ3n) is 5.10. The van der Waals surface area contributed by atoms with Gasteiger partial charge in [0.05, 0.1) is 23.9 Å². The second kappa shape index (κ2) is 5.72. The lowest BCUT2D eigenvalue weighted by Crippen LogP contribution is -2.08. The van der Waals surface area contributed by atoms with Crippen LogP contribution >= 0.6 is 0 Å². The molecule has 4 rings (SSSR count). The highest BCUT2D eigenvalue weighted by Crippen LogP contribution is 2.47. The third-order valence-corrected chi connectivity index (χ3v) is 5.10. The van der Waals surface area contributed by atoms with Crippen LogP contribution in [0.5, 0.6) is 0 Å². The summed E-state index contributed by atoms with van der Waals surface area (Å²) in [6.45, 7) is 0.722. The molecular formula is C18H21N3O2. The van der Waals surface area contributed by atoms with Crippen LogP contribution in [0.15, 0.2) is 30.3 Å². The van der Waals surface area contributed by atoms with E-state index in [4.69, 9.17) is 5.11 Å². The van der Waals surface area contributed by atoms with Gasteiger partial charge >= 0.3 is 5.97 Å². The number of hydrogen-bond acceptors (Lipinski definition) is 3. The van der Waals surface area contributed by atoms with Crippen molar-refractivity contribution in [3.63, 3.8) is 0 Å². The summed E-state index contributed by atoms with van der Waals surface area (Å²) < 4.78 is 0. The number of aliphatic carboxylic acids is 1. The Morgan fingerprint density at radius 1 is 1.30 bits per heavy atom. The smallest absolute Gasteiger partial charge is 0.307 e. The molecule has 0 radical (unpaired) electrons. The molecule has 0 unspecified atom stereocenters. The molecule has 1 heterocycles. The van der Waals surface area contributed by atoms with E-state index in [-0.39, 0.29) is 11.8 Å². The number of aromatic amines is 1. The van der Waals surface area contributed by atoms with E-state index in [1.54, 1.807) is 0 Å². The zero-order chi connectivity index (χ0) is 15.8. The summed E-state index contributed by atoms with van der Waals surface area (Å²) in [6, 6.07) is 10.3. The van der Waals surface area contributed by atoms with Crippen LogP contribution in [-0.2, 0) is 11.3 Å². The van der Waals surface area contributed by atoms with Crippen LogP contribution in [0.3, 0.4) is 0 Å². The Bertz CT molecular complexity index is 703. The summed E-state index contributed by atoms with van der Waals surface area (Å²) in [7, 11) is 0. The molecule has 3 N–H and O–H groups in total. The minimum absolute atomic E-state index is 0.191. The maximum absolute atomic E-state index is 10.9. The first-order valence-corrected chi connectivity index (χ1v) is 8.31. The molecule has 5 nitrogen and oxygen atoms in total. The molecule has 0 saturated heterocycles. The summed E-state index contributed by atoms with van der Waals surface area (Å²) in [6.07, 6.45) is 4.61. The number of carboxylic acids is 1. The quantitative estimate of drug-likeness (QED) is 0.763. The fourth-order valence-corrected chi connectivity index (χ4v) is 3.26. The number of H-pyrrole nitrogens is 1. The van der Waals surface area contributed by atoms with Crippen molar-refractivity contribution < 1.29 is 9.90 Å². The molecule has 2 aliphatic carbocycles. The first kappa shape index (κ1) is 14.3. The highest BCUT2D eigenvalue weighted by Gasteiger charge is 2.43. The molecule has 2 saturated carbocycles. The summed E-state index contributed by atoms with van der Waals surface area (Å²) in [5.41, 5.74) is 4.46. The molecule has 1 aromatic heterocycles. The minimum atomic E-state index is -0.682. The van der Waals surface area contributed by atoms with E-state index in [9.17, 15) is 4.79 Å². The van der Waals surface area contributed by atoms with E-state index >= 15 is 0 Å². The molecule has 0 bridgehead atoms. The van der Waals surface area contributed by atoms with Crippen LogP contribution < -0.4 is 5.32 Å². The number of aromatic nitrogens is 2. The van der Waals surface area contributed by atoms with Gasteiger partial charge in [-0.1, -0.05) is 18.6 Å². The number of anilines is 1. The van der Waals surface area contributed by atoms with Gasteiger partial charge in [-0.25, -0.2) is 0 Å². The Balaban J connectivity index is 1.32. The summed E-state index contributed by atoms with van der Waals surface area (Å²) in [5.74, 6) is -0.0263. The largest absolute Gasteiger partial charge is 0.481 e. The average Bonchev–Trinajstić information content (AvgIpc) is 3.18. The van der Waals surface area contributed by atoms with E-state index in [2.05, 4.69) is 21.6 Å². The molecule has 2 fully saturated rings. The van der Waals surface area contributed by atoms with Gasteiger partial charge in [0.15, 0.2) is 0 Å². The molecule has 0 amide bonds. The van der Waals surface area contributed by atoms with Crippen LogP contribution in [0.4, 0.5) is 5.69 Å². The van der Waals surface area contributed by atoms with E-state index in [0.717, 1.165) is 29.9 Å².